The summed E-state index contributed by atoms with van der Waals surface area (Å²) in [5.74, 6) is 0. The lowest BCUT2D eigenvalue weighted by Crippen LogP contribution is -2.20. The van der Waals surface area contributed by atoms with Gasteiger partial charge in [0.05, 0.1) is 16.1 Å². The lowest BCUT2D eigenvalue weighted by atomic mass is 10.1. The van der Waals surface area contributed by atoms with Gasteiger partial charge >= 0.3 is 0 Å². The first kappa shape index (κ1) is 20.0. The molecule has 1 atom stereocenters. The summed E-state index contributed by atoms with van der Waals surface area (Å²) in [4.78, 5) is 0. The number of fused-ring (bicyclic) bond motifs is 1. The van der Waals surface area contributed by atoms with Crippen LogP contribution in [0.15, 0.2) is 79.0 Å². The maximum atomic E-state index is 10.4. The average molecular weight is 425 g/mol. The van der Waals surface area contributed by atoms with Crippen LogP contribution >= 0.6 is 23.2 Å². The van der Waals surface area contributed by atoms with Gasteiger partial charge in [-0.25, -0.2) is 0 Å². The van der Waals surface area contributed by atoms with E-state index in [1.54, 1.807) is 0 Å². The van der Waals surface area contributed by atoms with E-state index in [9.17, 15) is 5.11 Å². The Hall–Kier alpha value is -2.30. The van der Waals surface area contributed by atoms with Crippen LogP contribution in [-0.4, -0.2) is 16.2 Å². The molecule has 4 aromatic rings. The number of nitrogens with zero attached hydrogens (tertiary/aromatic N) is 1. The minimum Gasteiger partial charge on any atom is -0.387 e. The molecule has 0 aliphatic heterocycles. The highest BCUT2D eigenvalue weighted by molar-refractivity contribution is 6.42. The number of aliphatic hydroxyl groups excluding tert-OH is 1. The van der Waals surface area contributed by atoms with E-state index < -0.39 is 6.10 Å². The van der Waals surface area contributed by atoms with Crippen LogP contribution in [0.4, 0.5) is 0 Å². The van der Waals surface area contributed by atoms with E-state index in [1.807, 2.05) is 60.7 Å². The first-order valence-electron chi connectivity index (χ1n) is 9.56. The van der Waals surface area contributed by atoms with Gasteiger partial charge in [-0.3, -0.25) is 0 Å². The minimum atomic E-state index is -0.527. The minimum absolute atomic E-state index is 0.496. The number of halogens is 2. The number of para-hydroxylation sites is 1. The summed E-state index contributed by atoms with van der Waals surface area (Å²) < 4.78 is 2.22. The molecule has 1 aromatic heterocycles. The molecule has 5 heteroatoms. The maximum absolute atomic E-state index is 10.4. The second-order valence-corrected chi connectivity index (χ2v) is 7.92. The fourth-order valence-electron chi connectivity index (χ4n) is 3.57. The molecule has 0 bridgehead atoms. The Morgan fingerprint density at radius 2 is 1.66 bits per heavy atom. The first-order valence-corrected chi connectivity index (χ1v) is 10.3. The molecule has 3 nitrogen and oxygen atoms in total. The van der Waals surface area contributed by atoms with E-state index in [-0.39, 0.29) is 0 Å². The van der Waals surface area contributed by atoms with Gasteiger partial charge in [-0.2, -0.15) is 0 Å². The van der Waals surface area contributed by atoms with Crippen LogP contribution in [0.5, 0.6) is 0 Å². The molecule has 0 amide bonds. The summed E-state index contributed by atoms with van der Waals surface area (Å²) in [6.45, 7) is 1.89. The molecule has 4 rings (SSSR count). The van der Waals surface area contributed by atoms with Gasteiger partial charge in [0.15, 0.2) is 0 Å². The van der Waals surface area contributed by atoms with Crippen LogP contribution in [0.2, 0.25) is 10.0 Å². The zero-order valence-electron chi connectivity index (χ0n) is 15.9. The summed E-state index contributed by atoms with van der Waals surface area (Å²) in [6.07, 6.45) is 1.63. The molecule has 3 aromatic carbocycles. The van der Waals surface area contributed by atoms with Gasteiger partial charge in [-0.05, 0) is 34.9 Å². The smallest absolute Gasteiger partial charge is 0.0914 e. The fraction of sp³-hybridized carbons (Fsp3) is 0.167. The second-order valence-electron chi connectivity index (χ2n) is 7.11. The number of aliphatic hydroxyl groups is 1. The van der Waals surface area contributed by atoms with Gasteiger partial charge in [0.25, 0.3) is 0 Å². The largest absolute Gasteiger partial charge is 0.387 e. The number of hydrogen-bond acceptors (Lipinski definition) is 2. The molecule has 148 valence electrons. The SMILES string of the molecule is O[C@H](CNCc1cn(Cc2ccc(Cl)c(Cl)c2)c2ccccc12)c1ccccc1. The third kappa shape index (κ3) is 4.65. The Balaban J connectivity index is 1.50. The third-order valence-electron chi connectivity index (χ3n) is 5.05. The molecule has 1 heterocycles. The van der Waals surface area contributed by atoms with Gasteiger partial charge in [-0.1, -0.05) is 77.8 Å². The number of rotatable bonds is 7. The monoisotopic (exact) mass is 424 g/mol. The van der Waals surface area contributed by atoms with E-state index >= 15 is 0 Å². The highest BCUT2D eigenvalue weighted by Crippen LogP contribution is 2.26. The average Bonchev–Trinajstić information content (AvgIpc) is 3.09. The predicted octanol–water partition coefficient (Wildman–Crippen LogP) is 5.82. The van der Waals surface area contributed by atoms with Gasteiger partial charge in [-0.15, -0.1) is 0 Å². The van der Waals surface area contributed by atoms with E-state index in [1.165, 1.54) is 16.5 Å². The second kappa shape index (κ2) is 9.02. The first-order chi connectivity index (χ1) is 14.1. The Morgan fingerprint density at radius 1 is 0.897 bits per heavy atom. The predicted molar refractivity (Wildman–Crippen MR) is 121 cm³/mol. The normalized spacial score (nSPS) is 12.4. The molecule has 0 unspecified atom stereocenters. The van der Waals surface area contributed by atoms with Gasteiger partial charge in [0, 0.05) is 36.7 Å². The Bertz CT molecular complexity index is 1110. The Labute approximate surface area is 180 Å². The summed E-state index contributed by atoms with van der Waals surface area (Å²) in [5.41, 5.74) is 4.38. The van der Waals surface area contributed by atoms with Crippen molar-refractivity contribution in [3.8, 4) is 0 Å². The molecule has 29 heavy (non-hydrogen) atoms. The van der Waals surface area contributed by atoms with Crippen LogP contribution in [-0.2, 0) is 13.1 Å². The third-order valence-corrected chi connectivity index (χ3v) is 5.78. The lowest BCUT2D eigenvalue weighted by Gasteiger charge is -2.11. The van der Waals surface area contributed by atoms with Crippen molar-refractivity contribution in [2.45, 2.75) is 19.2 Å². The van der Waals surface area contributed by atoms with Crippen LogP contribution < -0.4 is 5.32 Å². The van der Waals surface area contributed by atoms with Crippen molar-refractivity contribution in [1.82, 2.24) is 9.88 Å². The topological polar surface area (TPSA) is 37.2 Å². The standard InChI is InChI=1S/C24H22Cl2N2O/c25-21-11-10-17(12-22(21)26)15-28-16-19(20-8-4-5-9-23(20)28)13-27-14-24(29)18-6-2-1-3-7-18/h1-12,16,24,27,29H,13-15H2/t24-/m1/s1. The quantitative estimate of drug-likeness (QED) is 0.392. The lowest BCUT2D eigenvalue weighted by molar-refractivity contribution is 0.174. The van der Waals surface area contributed by atoms with Crippen LogP contribution in [0.1, 0.15) is 22.8 Å². The van der Waals surface area contributed by atoms with Gasteiger partial charge in [0.2, 0.25) is 0 Å². The van der Waals surface area contributed by atoms with E-state index in [0.29, 0.717) is 29.7 Å². The van der Waals surface area contributed by atoms with Gasteiger partial charge < -0.3 is 15.0 Å². The van der Waals surface area contributed by atoms with Crippen molar-refractivity contribution in [1.29, 1.82) is 0 Å². The fourth-order valence-corrected chi connectivity index (χ4v) is 3.89. The molecule has 0 saturated carbocycles. The molecular weight excluding hydrogens is 403 g/mol. The van der Waals surface area contributed by atoms with Crippen molar-refractivity contribution in [2.75, 3.05) is 6.54 Å². The molecule has 2 N–H and O–H groups in total. The highest BCUT2D eigenvalue weighted by Gasteiger charge is 2.11. The van der Waals surface area contributed by atoms with Crippen LogP contribution in [0.3, 0.4) is 0 Å². The van der Waals surface area contributed by atoms with E-state index in [2.05, 4.69) is 28.2 Å². The summed E-state index contributed by atoms with van der Waals surface area (Å²) in [7, 11) is 0. The summed E-state index contributed by atoms with van der Waals surface area (Å²) in [6, 6.07) is 23.8. The number of aromatic nitrogens is 1. The van der Waals surface area contributed by atoms with E-state index in [0.717, 1.165) is 11.1 Å². The van der Waals surface area contributed by atoms with Crippen molar-refractivity contribution in [3.63, 3.8) is 0 Å². The number of hydrogen-bond donors (Lipinski definition) is 2. The van der Waals surface area contributed by atoms with Crippen molar-refractivity contribution in [2.24, 2.45) is 0 Å². The molecule has 0 fully saturated rings. The molecule has 0 spiro atoms. The highest BCUT2D eigenvalue weighted by atomic mass is 35.5. The molecular formula is C24H22Cl2N2O. The summed E-state index contributed by atoms with van der Waals surface area (Å²) >= 11 is 12.2. The van der Waals surface area contributed by atoms with Crippen molar-refractivity contribution >= 4 is 34.1 Å². The zero-order valence-corrected chi connectivity index (χ0v) is 17.4. The molecule has 0 radical (unpaired) electrons. The molecule has 0 aliphatic carbocycles. The molecule has 0 aliphatic rings. The Kier molecular flexibility index (Phi) is 6.22. The van der Waals surface area contributed by atoms with Crippen LogP contribution in [0, 0.1) is 0 Å². The Morgan fingerprint density at radius 3 is 2.45 bits per heavy atom. The number of nitrogens with one attached hydrogen (secondary N) is 1. The van der Waals surface area contributed by atoms with E-state index in [4.69, 9.17) is 23.2 Å². The van der Waals surface area contributed by atoms with Crippen molar-refractivity contribution in [3.05, 3.63) is 106 Å². The zero-order chi connectivity index (χ0) is 20.2. The summed E-state index contributed by atoms with van der Waals surface area (Å²) in [5, 5.41) is 16.1. The molecule has 0 saturated heterocycles. The van der Waals surface area contributed by atoms with Crippen LogP contribution in [0.25, 0.3) is 10.9 Å². The van der Waals surface area contributed by atoms with Gasteiger partial charge in [0.1, 0.15) is 0 Å². The maximum Gasteiger partial charge on any atom is 0.0914 e. The number of benzene rings is 3. The van der Waals surface area contributed by atoms with Crippen molar-refractivity contribution < 1.29 is 5.11 Å².